The largest absolute Gasteiger partial charge is 0.493 e. The Labute approximate surface area is 170 Å². The van der Waals surface area contributed by atoms with E-state index < -0.39 is 0 Å². The molecule has 28 heavy (non-hydrogen) atoms. The van der Waals surface area contributed by atoms with Gasteiger partial charge in [-0.05, 0) is 23.8 Å². The Morgan fingerprint density at radius 3 is 2.89 bits per heavy atom. The molecule has 2 heterocycles. The summed E-state index contributed by atoms with van der Waals surface area (Å²) < 4.78 is 19.2. The van der Waals surface area contributed by atoms with Gasteiger partial charge in [0.2, 0.25) is 5.75 Å². The van der Waals surface area contributed by atoms with Crippen LogP contribution >= 0.6 is 15.9 Å². The second-order valence-electron chi connectivity index (χ2n) is 6.12. The molecule has 1 aromatic heterocycles. The van der Waals surface area contributed by atoms with Crippen molar-refractivity contribution in [2.24, 2.45) is 0 Å². The van der Waals surface area contributed by atoms with Crippen molar-refractivity contribution < 1.29 is 19.0 Å². The van der Waals surface area contributed by atoms with Gasteiger partial charge in [0.1, 0.15) is 19.0 Å². The van der Waals surface area contributed by atoms with Gasteiger partial charge in [-0.3, -0.25) is 4.79 Å². The molecule has 4 rings (SSSR count). The number of hydrogen-bond acceptors (Lipinski definition) is 5. The van der Waals surface area contributed by atoms with Crippen molar-refractivity contribution in [3.05, 3.63) is 64.3 Å². The summed E-state index contributed by atoms with van der Waals surface area (Å²) in [6.07, 6.45) is 1.65. The van der Waals surface area contributed by atoms with Crippen LogP contribution in [0.15, 0.2) is 53.1 Å². The number of amides is 1. The highest BCUT2D eigenvalue weighted by Crippen LogP contribution is 2.40. The number of anilines is 1. The Morgan fingerprint density at radius 2 is 2.07 bits per heavy atom. The van der Waals surface area contributed by atoms with E-state index in [0.717, 1.165) is 10.0 Å². The second-order valence-corrected chi connectivity index (χ2v) is 6.98. The van der Waals surface area contributed by atoms with Crippen molar-refractivity contribution in [3.63, 3.8) is 0 Å². The maximum absolute atomic E-state index is 12.8. The van der Waals surface area contributed by atoms with E-state index in [9.17, 15) is 4.79 Å². The Hall–Kier alpha value is -3.00. The quantitative estimate of drug-likeness (QED) is 0.650. The van der Waals surface area contributed by atoms with Crippen LogP contribution in [0.5, 0.6) is 17.2 Å². The first-order valence-corrected chi connectivity index (χ1v) is 9.49. The zero-order chi connectivity index (χ0) is 19.5. The average molecular weight is 444 g/mol. The Bertz CT molecular complexity index is 1000. The Kier molecular flexibility index (Phi) is 5.21. The van der Waals surface area contributed by atoms with Crippen molar-refractivity contribution >= 4 is 27.7 Å². The van der Waals surface area contributed by atoms with Gasteiger partial charge in [-0.15, -0.1) is 0 Å². The minimum atomic E-state index is -0.288. The van der Waals surface area contributed by atoms with E-state index in [1.54, 1.807) is 29.1 Å². The van der Waals surface area contributed by atoms with Gasteiger partial charge < -0.3 is 19.5 Å². The third kappa shape index (κ3) is 3.68. The average Bonchev–Trinajstić information content (AvgIpc) is 3.15. The summed E-state index contributed by atoms with van der Waals surface area (Å²) >= 11 is 3.54. The van der Waals surface area contributed by atoms with Crippen molar-refractivity contribution in [2.45, 2.75) is 6.54 Å². The summed E-state index contributed by atoms with van der Waals surface area (Å²) in [4.78, 5) is 12.8. The number of fused-ring (bicyclic) bond motifs is 1. The van der Waals surface area contributed by atoms with Gasteiger partial charge >= 0.3 is 0 Å². The minimum Gasteiger partial charge on any atom is -0.493 e. The van der Waals surface area contributed by atoms with Crippen LogP contribution < -0.4 is 19.5 Å². The van der Waals surface area contributed by atoms with Gasteiger partial charge in [-0.1, -0.05) is 34.1 Å². The fourth-order valence-electron chi connectivity index (χ4n) is 2.95. The van der Waals surface area contributed by atoms with Gasteiger partial charge in [0.05, 0.1) is 19.9 Å². The lowest BCUT2D eigenvalue weighted by atomic mass is 10.1. The third-order valence-electron chi connectivity index (χ3n) is 4.33. The van der Waals surface area contributed by atoms with Gasteiger partial charge in [0, 0.05) is 16.1 Å². The van der Waals surface area contributed by atoms with Gasteiger partial charge in [0.15, 0.2) is 11.5 Å². The highest BCUT2D eigenvalue weighted by molar-refractivity contribution is 9.10. The van der Waals surface area contributed by atoms with Crippen LogP contribution in [0.4, 0.5) is 5.82 Å². The second kappa shape index (κ2) is 7.93. The molecule has 0 bridgehead atoms. The number of halogens is 1. The lowest BCUT2D eigenvalue weighted by Gasteiger charge is -2.21. The predicted molar refractivity (Wildman–Crippen MR) is 107 cm³/mol. The normalized spacial score (nSPS) is 12.5. The molecule has 1 aliphatic rings. The third-order valence-corrected chi connectivity index (χ3v) is 5.10. The summed E-state index contributed by atoms with van der Waals surface area (Å²) in [6, 6.07) is 12.9. The number of nitrogens with one attached hydrogen (secondary N) is 1. The number of aromatic nitrogens is 2. The molecule has 0 radical (unpaired) electrons. The number of ether oxygens (including phenoxy) is 3. The number of nitrogens with zero attached hydrogens (tertiary/aromatic N) is 2. The standard InChI is InChI=1S/C20H18BrN3O4/c1-26-16-10-14(11-17-19(16)28-9-8-27-17)20(25)23-18-6-7-22-24(18)12-13-4-2-3-5-15(13)21/h2-7,10-11H,8-9,12H2,1H3,(H,23,25). The first-order valence-electron chi connectivity index (χ1n) is 8.70. The van der Waals surface area contributed by atoms with Crippen LogP contribution in [-0.2, 0) is 6.54 Å². The number of carbonyl (C=O) groups excluding carboxylic acids is 1. The SMILES string of the molecule is COc1cc(C(=O)Nc2ccnn2Cc2ccccc2Br)cc2c1OCCO2. The van der Waals surface area contributed by atoms with Gasteiger partial charge in [-0.2, -0.15) is 5.10 Å². The number of carbonyl (C=O) groups is 1. The van der Waals surface area contributed by atoms with Crippen LogP contribution in [-0.4, -0.2) is 36.0 Å². The Morgan fingerprint density at radius 1 is 1.25 bits per heavy atom. The van der Waals surface area contributed by atoms with Crippen molar-refractivity contribution in [2.75, 3.05) is 25.6 Å². The predicted octanol–water partition coefficient (Wildman–Crippen LogP) is 3.73. The van der Waals surface area contributed by atoms with Gasteiger partial charge in [-0.25, -0.2) is 4.68 Å². The van der Waals surface area contributed by atoms with Crippen molar-refractivity contribution in [1.29, 1.82) is 0 Å². The molecule has 0 unspecified atom stereocenters. The van der Waals surface area contributed by atoms with Crippen LogP contribution in [0, 0.1) is 0 Å². The van der Waals surface area contributed by atoms with Crippen LogP contribution in [0.3, 0.4) is 0 Å². The molecule has 7 nitrogen and oxygen atoms in total. The summed E-state index contributed by atoms with van der Waals surface area (Å²) in [5.41, 5.74) is 1.47. The van der Waals surface area contributed by atoms with E-state index in [2.05, 4.69) is 26.3 Å². The Balaban J connectivity index is 1.57. The molecule has 0 saturated carbocycles. The van der Waals surface area contributed by atoms with E-state index in [1.807, 2.05) is 24.3 Å². The number of methoxy groups -OCH3 is 1. The topological polar surface area (TPSA) is 74.6 Å². The molecule has 2 aromatic carbocycles. The first kappa shape index (κ1) is 18.4. The van der Waals surface area contributed by atoms with E-state index in [1.165, 1.54) is 7.11 Å². The van der Waals surface area contributed by atoms with E-state index >= 15 is 0 Å². The van der Waals surface area contributed by atoms with E-state index in [4.69, 9.17) is 14.2 Å². The monoisotopic (exact) mass is 443 g/mol. The lowest BCUT2D eigenvalue weighted by molar-refractivity contribution is 0.102. The summed E-state index contributed by atoms with van der Waals surface area (Å²) in [5, 5.41) is 7.21. The molecule has 0 fully saturated rings. The fourth-order valence-corrected chi connectivity index (χ4v) is 3.36. The van der Waals surface area contributed by atoms with Gasteiger partial charge in [0.25, 0.3) is 5.91 Å². The highest BCUT2D eigenvalue weighted by atomic mass is 79.9. The van der Waals surface area contributed by atoms with E-state index in [-0.39, 0.29) is 5.91 Å². The number of benzene rings is 2. The number of hydrogen-bond donors (Lipinski definition) is 1. The molecule has 1 aliphatic heterocycles. The van der Waals surface area contributed by atoms with Crippen LogP contribution in [0.25, 0.3) is 0 Å². The zero-order valence-electron chi connectivity index (χ0n) is 15.1. The van der Waals surface area contributed by atoms with Crippen LogP contribution in [0.2, 0.25) is 0 Å². The zero-order valence-corrected chi connectivity index (χ0v) is 16.7. The maximum Gasteiger partial charge on any atom is 0.257 e. The lowest BCUT2D eigenvalue weighted by Crippen LogP contribution is -2.19. The van der Waals surface area contributed by atoms with Crippen LogP contribution in [0.1, 0.15) is 15.9 Å². The first-order chi connectivity index (χ1) is 13.7. The molecule has 1 amide bonds. The minimum absolute atomic E-state index is 0.288. The molecule has 0 spiro atoms. The van der Waals surface area contributed by atoms with E-state index in [0.29, 0.717) is 48.4 Å². The maximum atomic E-state index is 12.8. The summed E-state index contributed by atoms with van der Waals surface area (Å²) in [6.45, 7) is 1.40. The molecule has 0 saturated heterocycles. The van der Waals surface area contributed by atoms with Crippen molar-refractivity contribution in [1.82, 2.24) is 9.78 Å². The summed E-state index contributed by atoms with van der Waals surface area (Å²) in [5.74, 6) is 1.78. The molecule has 3 aromatic rings. The molecule has 0 atom stereocenters. The molecule has 0 aliphatic carbocycles. The smallest absolute Gasteiger partial charge is 0.257 e. The summed E-state index contributed by atoms with van der Waals surface area (Å²) in [7, 11) is 1.53. The fraction of sp³-hybridized carbons (Fsp3) is 0.200. The van der Waals surface area contributed by atoms with Crippen molar-refractivity contribution in [3.8, 4) is 17.2 Å². The molecular formula is C20H18BrN3O4. The number of rotatable bonds is 5. The molecule has 144 valence electrons. The molecular weight excluding hydrogens is 426 g/mol. The molecule has 1 N–H and O–H groups in total. The molecule has 8 heteroatoms. The highest BCUT2D eigenvalue weighted by Gasteiger charge is 2.21.